The van der Waals surface area contributed by atoms with Crippen LogP contribution in [0.25, 0.3) is 11.0 Å². The predicted molar refractivity (Wildman–Crippen MR) is 88.2 cm³/mol. The first-order valence-electron chi connectivity index (χ1n) is 7.12. The minimum Gasteiger partial charge on any atom is -0.456 e. The van der Waals surface area contributed by atoms with Gasteiger partial charge in [0.25, 0.3) is 5.91 Å². The van der Waals surface area contributed by atoms with Crippen LogP contribution >= 0.6 is 11.3 Å². The van der Waals surface area contributed by atoms with E-state index in [-0.39, 0.29) is 18.2 Å². The number of furan rings is 1. The number of ketones is 1. The number of rotatable bonds is 6. The van der Waals surface area contributed by atoms with Crippen molar-refractivity contribution < 1.29 is 23.5 Å². The van der Waals surface area contributed by atoms with Crippen LogP contribution < -0.4 is 5.32 Å². The second-order valence-corrected chi connectivity index (χ2v) is 5.84. The third-order valence-electron chi connectivity index (χ3n) is 3.20. The molecule has 0 radical (unpaired) electrons. The lowest BCUT2D eigenvalue weighted by molar-refractivity contribution is -0.141. The Hall–Kier alpha value is -2.93. The van der Waals surface area contributed by atoms with Crippen LogP contribution in [0.5, 0.6) is 0 Å². The maximum atomic E-state index is 12.0. The molecule has 1 N–H and O–H groups in total. The van der Waals surface area contributed by atoms with Crippen molar-refractivity contribution in [2.75, 3.05) is 13.2 Å². The molecule has 0 aliphatic heterocycles. The number of ether oxygens (including phenoxy) is 1. The molecule has 0 saturated heterocycles. The van der Waals surface area contributed by atoms with Gasteiger partial charge in [-0.05, 0) is 23.6 Å². The van der Waals surface area contributed by atoms with Crippen molar-refractivity contribution in [2.45, 2.75) is 0 Å². The average molecular weight is 343 g/mol. The molecule has 1 amide bonds. The first kappa shape index (κ1) is 15.9. The molecule has 0 aliphatic rings. The fourth-order valence-electron chi connectivity index (χ4n) is 2.03. The number of thiophene rings is 1. The smallest absolute Gasteiger partial charge is 0.325 e. The normalized spacial score (nSPS) is 10.5. The van der Waals surface area contributed by atoms with Crippen LogP contribution in [0.4, 0.5) is 0 Å². The molecule has 7 heteroatoms. The third kappa shape index (κ3) is 3.69. The molecule has 0 saturated carbocycles. The van der Waals surface area contributed by atoms with E-state index in [1.807, 2.05) is 12.1 Å². The van der Waals surface area contributed by atoms with Crippen molar-refractivity contribution in [1.82, 2.24) is 5.32 Å². The van der Waals surface area contributed by atoms with Crippen molar-refractivity contribution in [2.24, 2.45) is 0 Å². The molecule has 0 aliphatic carbocycles. The van der Waals surface area contributed by atoms with Crippen LogP contribution in [0, 0.1) is 0 Å². The molecular weight excluding hydrogens is 330 g/mol. The lowest BCUT2D eigenvalue weighted by Gasteiger charge is -2.04. The summed E-state index contributed by atoms with van der Waals surface area (Å²) >= 11 is 1.27. The maximum Gasteiger partial charge on any atom is 0.325 e. The first-order valence-corrected chi connectivity index (χ1v) is 8.00. The number of benzene rings is 1. The quantitative estimate of drug-likeness (QED) is 0.549. The lowest BCUT2D eigenvalue weighted by Crippen LogP contribution is -2.31. The summed E-state index contributed by atoms with van der Waals surface area (Å²) in [5, 5.41) is 5.00. The highest BCUT2D eigenvalue weighted by molar-refractivity contribution is 7.12. The van der Waals surface area contributed by atoms with Gasteiger partial charge in [-0.15, -0.1) is 11.3 Å². The molecule has 0 bridgehead atoms. The highest BCUT2D eigenvalue weighted by Gasteiger charge is 2.15. The number of para-hydroxylation sites is 1. The van der Waals surface area contributed by atoms with Crippen LogP contribution in [0.3, 0.4) is 0 Å². The number of carbonyl (C=O) groups excluding carboxylic acids is 3. The van der Waals surface area contributed by atoms with E-state index in [1.54, 1.807) is 35.7 Å². The minimum absolute atomic E-state index is 0.131. The second kappa shape index (κ2) is 7.10. The summed E-state index contributed by atoms with van der Waals surface area (Å²) in [5.74, 6) is -1.36. The van der Waals surface area contributed by atoms with Gasteiger partial charge in [-0.2, -0.15) is 0 Å². The number of hydrogen-bond acceptors (Lipinski definition) is 6. The second-order valence-electron chi connectivity index (χ2n) is 4.89. The Kier molecular flexibility index (Phi) is 4.72. The molecule has 0 fully saturated rings. The van der Waals surface area contributed by atoms with E-state index in [0.717, 1.165) is 5.39 Å². The monoisotopic (exact) mass is 343 g/mol. The van der Waals surface area contributed by atoms with E-state index < -0.39 is 18.4 Å². The molecule has 6 nitrogen and oxygen atoms in total. The zero-order valence-corrected chi connectivity index (χ0v) is 13.3. The molecule has 1 aromatic carbocycles. The Morgan fingerprint density at radius 2 is 1.96 bits per heavy atom. The van der Waals surface area contributed by atoms with E-state index in [9.17, 15) is 14.4 Å². The van der Waals surface area contributed by atoms with Gasteiger partial charge in [-0.3, -0.25) is 14.4 Å². The van der Waals surface area contributed by atoms with Gasteiger partial charge in [0, 0.05) is 5.39 Å². The van der Waals surface area contributed by atoms with E-state index in [2.05, 4.69) is 5.32 Å². The molecule has 3 aromatic rings. The van der Waals surface area contributed by atoms with Gasteiger partial charge in [-0.25, -0.2) is 0 Å². The van der Waals surface area contributed by atoms with Crippen LogP contribution in [0.1, 0.15) is 20.2 Å². The van der Waals surface area contributed by atoms with Crippen molar-refractivity contribution >= 4 is 40.0 Å². The lowest BCUT2D eigenvalue weighted by atomic mass is 10.2. The molecule has 0 spiro atoms. The van der Waals surface area contributed by atoms with Gasteiger partial charge < -0.3 is 14.5 Å². The number of fused-ring (bicyclic) bond motifs is 1. The van der Waals surface area contributed by atoms with Gasteiger partial charge in [0.15, 0.2) is 12.4 Å². The standard InChI is InChI=1S/C17H13NO5S/c19-12(14-8-11-4-1-2-5-13(11)23-14)10-22-16(20)9-18-17(21)15-6-3-7-24-15/h1-8H,9-10H2,(H,18,21). The van der Waals surface area contributed by atoms with Gasteiger partial charge >= 0.3 is 5.97 Å². The van der Waals surface area contributed by atoms with Gasteiger partial charge in [0.2, 0.25) is 5.78 Å². The third-order valence-corrected chi connectivity index (χ3v) is 4.07. The van der Waals surface area contributed by atoms with Gasteiger partial charge in [-0.1, -0.05) is 24.3 Å². The Morgan fingerprint density at radius 3 is 2.71 bits per heavy atom. The molecule has 122 valence electrons. The Bertz CT molecular complexity index is 848. The number of esters is 1. The van der Waals surface area contributed by atoms with Crippen LogP contribution in [0.15, 0.2) is 52.3 Å². The Balaban J connectivity index is 1.48. The van der Waals surface area contributed by atoms with Gasteiger partial charge in [0.1, 0.15) is 12.1 Å². The molecule has 2 aromatic heterocycles. The van der Waals surface area contributed by atoms with E-state index >= 15 is 0 Å². The fourth-order valence-corrected chi connectivity index (χ4v) is 2.67. The predicted octanol–water partition coefficient (Wildman–Crippen LogP) is 2.65. The van der Waals surface area contributed by atoms with Crippen molar-refractivity contribution in [1.29, 1.82) is 0 Å². The molecular formula is C17H13NO5S. The molecule has 24 heavy (non-hydrogen) atoms. The summed E-state index contributed by atoms with van der Waals surface area (Å²) in [4.78, 5) is 35.8. The van der Waals surface area contributed by atoms with Crippen LogP contribution in [-0.2, 0) is 9.53 Å². The first-order chi connectivity index (χ1) is 11.6. The SMILES string of the molecule is O=C(CNC(=O)c1cccs1)OCC(=O)c1cc2ccccc2o1. The number of amides is 1. The van der Waals surface area contributed by atoms with Crippen LogP contribution in [0.2, 0.25) is 0 Å². The van der Waals surface area contributed by atoms with Crippen molar-refractivity contribution in [3.05, 3.63) is 58.5 Å². The summed E-state index contributed by atoms with van der Waals surface area (Å²) in [6.45, 7) is -0.738. The summed E-state index contributed by atoms with van der Waals surface area (Å²) in [6.07, 6.45) is 0. The van der Waals surface area contributed by atoms with Crippen molar-refractivity contribution in [3.63, 3.8) is 0 Å². The summed E-state index contributed by atoms with van der Waals surface area (Å²) in [5.41, 5.74) is 0.593. The highest BCUT2D eigenvalue weighted by Crippen LogP contribution is 2.19. The average Bonchev–Trinajstić information content (AvgIpc) is 3.26. The van der Waals surface area contributed by atoms with Crippen molar-refractivity contribution in [3.8, 4) is 0 Å². The maximum absolute atomic E-state index is 12.0. The topological polar surface area (TPSA) is 85.6 Å². The largest absolute Gasteiger partial charge is 0.456 e. The Labute approximate surface area is 141 Å². The number of nitrogens with one attached hydrogen (secondary N) is 1. The molecule has 0 unspecified atom stereocenters. The fraction of sp³-hybridized carbons (Fsp3) is 0.118. The number of Topliss-reactive ketones (excluding diaryl/α,β-unsaturated/α-hetero) is 1. The van der Waals surface area contributed by atoms with E-state index in [0.29, 0.717) is 10.5 Å². The van der Waals surface area contributed by atoms with Crippen LogP contribution in [-0.4, -0.2) is 30.8 Å². The zero-order chi connectivity index (χ0) is 16.9. The highest BCUT2D eigenvalue weighted by atomic mass is 32.1. The van der Waals surface area contributed by atoms with E-state index in [1.165, 1.54) is 11.3 Å². The summed E-state index contributed by atoms with van der Waals surface area (Å²) < 4.78 is 10.3. The van der Waals surface area contributed by atoms with E-state index in [4.69, 9.17) is 9.15 Å². The molecule has 2 heterocycles. The minimum atomic E-state index is -0.690. The number of carbonyl (C=O) groups is 3. The molecule has 0 atom stereocenters. The molecule has 3 rings (SSSR count). The summed E-state index contributed by atoms with van der Waals surface area (Å²) in [6, 6.07) is 12.2. The van der Waals surface area contributed by atoms with Gasteiger partial charge in [0.05, 0.1) is 4.88 Å². The summed E-state index contributed by atoms with van der Waals surface area (Å²) in [7, 11) is 0. The Morgan fingerprint density at radius 1 is 1.12 bits per heavy atom. The number of hydrogen-bond donors (Lipinski definition) is 1. The zero-order valence-electron chi connectivity index (χ0n) is 12.5.